The van der Waals surface area contributed by atoms with E-state index in [-0.39, 0.29) is 24.3 Å². The summed E-state index contributed by atoms with van der Waals surface area (Å²) < 4.78 is 350. The molecule has 0 radical (unpaired) electrons. The molecule has 2 aromatic heterocycles. The molecular formula is C22H6F26N2. The summed E-state index contributed by atoms with van der Waals surface area (Å²) in [4.78, 5) is 4.63. The van der Waals surface area contributed by atoms with Crippen molar-refractivity contribution in [2.24, 2.45) is 0 Å². The van der Waals surface area contributed by atoms with Crippen LogP contribution in [0.3, 0.4) is 0 Å². The van der Waals surface area contributed by atoms with Gasteiger partial charge in [0.1, 0.15) is 11.4 Å². The molecule has 0 aliphatic rings. The van der Waals surface area contributed by atoms with Gasteiger partial charge >= 0.3 is 71.6 Å². The maximum absolute atomic E-state index is 14.5. The van der Waals surface area contributed by atoms with Crippen LogP contribution in [0.15, 0.2) is 36.4 Å². The number of pyridine rings is 2. The Bertz CT molecular complexity index is 1440. The van der Waals surface area contributed by atoms with E-state index in [1.165, 1.54) is 0 Å². The van der Waals surface area contributed by atoms with Crippen LogP contribution in [-0.4, -0.2) is 69.7 Å². The second kappa shape index (κ2) is 11.5. The molecule has 0 saturated heterocycles. The summed E-state index contributed by atoms with van der Waals surface area (Å²) in [6.45, 7) is 0. The van der Waals surface area contributed by atoms with Gasteiger partial charge in [-0.3, -0.25) is 0 Å². The van der Waals surface area contributed by atoms with E-state index in [0.29, 0.717) is 0 Å². The molecular weight excluding hydrogens is 786 g/mol. The third kappa shape index (κ3) is 5.61. The minimum Gasteiger partial charge on any atom is -0.245 e. The highest BCUT2D eigenvalue weighted by atomic mass is 19.4. The third-order valence-corrected chi connectivity index (χ3v) is 6.27. The number of hydrogen-bond acceptors (Lipinski definition) is 2. The first-order valence-electron chi connectivity index (χ1n) is 11.5. The largest absolute Gasteiger partial charge is 0.460 e. The predicted molar refractivity (Wildman–Crippen MR) is 107 cm³/mol. The zero-order valence-corrected chi connectivity index (χ0v) is 22.2. The van der Waals surface area contributed by atoms with Crippen molar-refractivity contribution in [3.63, 3.8) is 0 Å². The molecule has 2 nitrogen and oxygen atoms in total. The number of aromatic nitrogens is 2. The van der Waals surface area contributed by atoms with E-state index in [1.807, 2.05) is 0 Å². The van der Waals surface area contributed by atoms with Crippen molar-refractivity contribution in [2.45, 2.75) is 71.6 Å². The lowest BCUT2D eigenvalue weighted by molar-refractivity contribution is -0.442. The van der Waals surface area contributed by atoms with Crippen molar-refractivity contribution in [3.8, 4) is 11.4 Å². The lowest BCUT2D eigenvalue weighted by atomic mass is 9.92. The van der Waals surface area contributed by atoms with Crippen LogP contribution < -0.4 is 0 Å². The SMILES string of the molecule is FC(F)(F)C(F)(F)C(F)(F)C(F)(F)C(F)(F)C(F)(F)c1cccc(-c2cccc(C(F)(F)C(F)(F)C(F)(F)C(F)(F)C(F)(F)C(F)(F)F)n2)n1. The van der Waals surface area contributed by atoms with Crippen LogP contribution in [0, 0.1) is 0 Å². The predicted octanol–water partition coefficient (Wildman–Crippen LogP) is 10.5. The van der Waals surface area contributed by atoms with Gasteiger partial charge in [-0.25, -0.2) is 9.97 Å². The van der Waals surface area contributed by atoms with E-state index in [2.05, 4.69) is 9.97 Å². The van der Waals surface area contributed by atoms with Gasteiger partial charge in [0.2, 0.25) is 0 Å². The van der Waals surface area contributed by atoms with Crippen LogP contribution in [0.4, 0.5) is 114 Å². The van der Waals surface area contributed by atoms with Crippen LogP contribution in [0.1, 0.15) is 11.4 Å². The molecule has 2 rings (SSSR count). The van der Waals surface area contributed by atoms with Gasteiger partial charge in [-0.1, -0.05) is 12.1 Å². The van der Waals surface area contributed by atoms with Crippen molar-refractivity contribution in [3.05, 3.63) is 47.8 Å². The highest BCUT2D eigenvalue weighted by Crippen LogP contribution is 2.63. The summed E-state index contributed by atoms with van der Waals surface area (Å²) in [5, 5.41) is 0. The van der Waals surface area contributed by atoms with Gasteiger partial charge in [0.25, 0.3) is 0 Å². The van der Waals surface area contributed by atoms with Crippen LogP contribution in [-0.2, 0) is 11.8 Å². The fraction of sp³-hybridized carbons (Fsp3) is 0.545. The Balaban J connectivity index is 2.70. The molecule has 2 heterocycles. The van der Waals surface area contributed by atoms with Gasteiger partial charge in [0.15, 0.2) is 0 Å². The normalized spacial score (nSPS) is 15.8. The highest BCUT2D eigenvalue weighted by molar-refractivity contribution is 5.55. The molecule has 2 aromatic rings. The summed E-state index contributed by atoms with van der Waals surface area (Å²) in [7, 11) is 0. The average molecular weight is 792 g/mol. The lowest BCUT2D eigenvalue weighted by Crippen LogP contribution is -2.69. The standard InChI is InChI=1S/C22H6F26N2/c23-11(24,13(27,28)15(31,32)17(35,36)19(39,40)21(43,44)45)9-5-1-3-7(49-9)8-4-2-6-10(50-8)12(25,26)14(29,30)16(33,34)18(37,38)20(41,42)22(46,47)48/h1-6H. The van der Waals surface area contributed by atoms with E-state index >= 15 is 0 Å². The molecule has 0 aliphatic carbocycles. The molecule has 0 fully saturated rings. The Labute approximate surface area is 256 Å². The molecule has 0 N–H and O–H groups in total. The van der Waals surface area contributed by atoms with E-state index in [0.717, 1.165) is 0 Å². The zero-order valence-electron chi connectivity index (χ0n) is 22.2. The van der Waals surface area contributed by atoms with Crippen molar-refractivity contribution in [1.29, 1.82) is 0 Å². The van der Waals surface area contributed by atoms with E-state index in [1.54, 1.807) is 0 Å². The Morgan fingerprint density at radius 1 is 0.280 bits per heavy atom. The second-order valence-electron chi connectivity index (χ2n) is 9.56. The Morgan fingerprint density at radius 2 is 0.500 bits per heavy atom. The second-order valence-corrected chi connectivity index (χ2v) is 9.56. The van der Waals surface area contributed by atoms with Gasteiger partial charge in [0, 0.05) is 0 Å². The summed E-state index contributed by atoms with van der Waals surface area (Å²) in [5.74, 6) is -80.0. The van der Waals surface area contributed by atoms with Gasteiger partial charge in [0.05, 0.1) is 11.4 Å². The first kappa shape index (κ1) is 42.6. The van der Waals surface area contributed by atoms with E-state index in [4.69, 9.17) is 0 Å². The molecule has 0 spiro atoms. The first-order valence-corrected chi connectivity index (χ1v) is 11.5. The van der Waals surface area contributed by atoms with Crippen LogP contribution in [0.2, 0.25) is 0 Å². The molecule has 0 atom stereocenters. The van der Waals surface area contributed by atoms with Crippen LogP contribution in [0.5, 0.6) is 0 Å². The van der Waals surface area contributed by atoms with Gasteiger partial charge < -0.3 is 0 Å². The smallest absolute Gasteiger partial charge is 0.245 e. The minimum absolute atomic E-state index is 0.0390. The molecule has 0 bridgehead atoms. The van der Waals surface area contributed by atoms with Crippen molar-refractivity contribution in [1.82, 2.24) is 9.97 Å². The first-order chi connectivity index (χ1) is 21.7. The van der Waals surface area contributed by atoms with Crippen LogP contribution in [0.25, 0.3) is 11.4 Å². The monoisotopic (exact) mass is 792 g/mol. The molecule has 0 amide bonds. The quantitative estimate of drug-likeness (QED) is 0.212. The molecule has 0 aliphatic heterocycles. The van der Waals surface area contributed by atoms with Gasteiger partial charge in [-0.15, -0.1) is 0 Å². The number of rotatable bonds is 11. The van der Waals surface area contributed by atoms with Gasteiger partial charge in [-0.2, -0.15) is 114 Å². The fourth-order valence-electron chi connectivity index (χ4n) is 3.37. The van der Waals surface area contributed by atoms with Crippen molar-refractivity contribution < 1.29 is 114 Å². The van der Waals surface area contributed by atoms with Gasteiger partial charge in [-0.05, 0) is 24.3 Å². The van der Waals surface area contributed by atoms with Crippen molar-refractivity contribution >= 4 is 0 Å². The Kier molecular flexibility index (Phi) is 9.80. The van der Waals surface area contributed by atoms with E-state index < -0.39 is 106 Å². The topological polar surface area (TPSA) is 25.8 Å². The molecule has 50 heavy (non-hydrogen) atoms. The summed E-state index contributed by atoms with van der Waals surface area (Å²) >= 11 is 0. The average Bonchev–Trinajstić information content (AvgIpc) is 2.95. The highest BCUT2D eigenvalue weighted by Gasteiger charge is 2.92. The third-order valence-electron chi connectivity index (χ3n) is 6.27. The molecule has 286 valence electrons. The van der Waals surface area contributed by atoms with Crippen LogP contribution >= 0.6 is 0 Å². The molecule has 28 heteroatoms. The lowest BCUT2D eigenvalue weighted by Gasteiger charge is -2.39. The number of hydrogen-bond donors (Lipinski definition) is 0. The molecule has 0 aromatic carbocycles. The van der Waals surface area contributed by atoms with E-state index in [9.17, 15) is 114 Å². The number of alkyl halides is 26. The summed E-state index contributed by atoms with van der Waals surface area (Å²) in [5.41, 5.74) is -9.71. The molecule has 0 saturated carbocycles. The summed E-state index contributed by atoms with van der Waals surface area (Å²) in [6.07, 6.45) is -15.6. The summed E-state index contributed by atoms with van der Waals surface area (Å²) in [6, 6.07) is -1.36. The maximum Gasteiger partial charge on any atom is 0.460 e. The zero-order chi connectivity index (χ0) is 40.0. The fourth-order valence-corrected chi connectivity index (χ4v) is 3.37. The maximum atomic E-state index is 14.5. The minimum atomic E-state index is -8.38. The number of halogens is 26. The Morgan fingerprint density at radius 3 is 0.720 bits per heavy atom. The van der Waals surface area contributed by atoms with Crippen molar-refractivity contribution in [2.75, 3.05) is 0 Å². The number of nitrogens with zero attached hydrogens (tertiary/aromatic N) is 2. The molecule has 0 unspecified atom stereocenters. The Hall–Kier alpha value is -3.52.